The van der Waals surface area contributed by atoms with Gasteiger partial charge in [0.1, 0.15) is 17.4 Å². The Bertz CT molecular complexity index is 680. The molecule has 0 atom stereocenters. The van der Waals surface area contributed by atoms with Crippen LogP contribution in [0.3, 0.4) is 0 Å². The van der Waals surface area contributed by atoms with Crippen molar-refractivity contribution in [3.05, 3.63) is 58.1 Å². The average molecular weight is 332 g/mol. The lowest BCUT2D eigenvalue weighted by molar-refractivity contribution is -0.118. The van der Waals surface area contributed by atoms with E-state index in [2.05, 4.69) is 5.32 Å². The summed E-state index contributed by atoms with van der Waals surface area (Å²) in [5, 5.41) is 2.95. The lowest BCUT2D eigenvalue weighted by Gasteiger charge is -2.09. The van der Waals surface area contributed by atoms with Gasteiger partial charge in [0, 0.05) is 11.1 Å². The fourth-order valence-corrected chi connectivity index (χ4v) is 1.98. The lowest BCUT2D eigenvalue weighted by Crippen LogP contribution is -2.20. The first-order chi connectivity index (χ1) is 9.95. The summed E-state index contributed by atoms with van der Waals surface area (Å²) in [7, 11) is 0. The first kappa shape index (κ1) is 15.5. The highest BCUT2D eigenvalue weighted by molar-refractivity contribution is 6.35. The van der Waals surface area contributed by atoms with E-state index in [-0.39, 0.29) is 23.1 Å². The second kappa shape index (κ2) is 6.74. The van der Waals surface area contributed by atoms with Crippen LogP contribution in [0.5, 0.6) is 5.75 Å². The molecule has 3 nitrogen and oxygen atoms in total. The van der Waals surface area contributed by atoms with E-state index in [0.29, 0.717) is 11.1 Å². The summed E-state index contributed by atoms with van der Waals surface area (Å²) in [6.07, 6.45) is 0. The van der Waals surface area contributed by atoms with Gasteiger partial charge in [0.25, 0.3) is 5.91 Å². The van der Waals surface area contributed by atoms with E-state index in [1.54, 1.807) is 6.07 Å². The highest BCUT2D eigenvalue weighted by Gasteiger charge is 2.10. The molecular weight excluding hydrogens is 323 g/mol. The molecule has 1 amide bonds. The SMILES string of the molecule is O=C(COc1ccc(Cl)cc1Cl)Nc1ccc(F)cc1F. The number of anilines is 1. The zero-order valence-electron chi connectivity index (χ0n) is 10.5. The molecule has 1 N–H and O–H groups in total. The molecule has 0 unspecified atom stereocenters. The Morgan fingerprint density at radius 1 is 1.14 bits per heavy atom. The van der Waals surface area contributed by atoms with Gasteiger partial charge in [-0.05, 0) is 30.3 Å². The molecule has 0 spiro atoms. The molecule has 0 aliphatic rings. The Morgan fingerprint density at radius 2 is 1.90 bits per heavy atom. The number of halogens is 4. The molecule has 110 valence electrons. The molecule has 0 aliphatic carbocycles. The van der Waals surface area contributed by atoms with Crippen molar-refractivity contribution in [3.8, 4) is 5.75 Å². The monoisotopic (exact) mass is 331 g/mol. The van der Waals surface area contributed by atoms with Crippen LogP contribution in [0.2, 0.25) is 10.0 Å². The number of ether oxygens (including phenoxy) is 1. The van der Waals surface area contributed by atoms with E-state index >= 15 is 0 Å². The van der Waals surface area contributed by atoms with Crippen molar-refractivity contribution in [3.63, 3.8) is 0 Å². The maximum Gasteiger partial charge on any atom is 0.262 e. The van der Waals surface area contributed by atoms with Crippen molar-refractivity contribution in [2.75, 3.05) is 11.9 Å². The maximum absolute atomic E-state index is 13.4. The predicted octanol–water partition coefficient (Wildman–Crippen LogP) is 4.29. The van der Waals surface area contributed by atoms with Crippen LogP contribution in [-0.4, -0.2) is 12.5 Å². The Hall–Kier alpha value is -1.85. The Kier molecular flexibility index (Phi) is 4.98. The number of hydrogen-bond acceptors (Lipinski definition) is 2. The Labute approximate surface area is 129 Å². The largest absolute Gasteiger partial charge is 0.482 e. The van der Waals surface area contributed by atoms with E-state index in [9.17, 15) is 13.6 Å². The second-order valence-corrected chi connectivity index (χ2v) is 4.88. The average Bonchev–Trinajstić information content (AvgIpc) is 2.41. The number of carbonyl (C=O) groups is 1. The van der Waals surface area contributed by atoms with Gasteiger partial charge >= 0.3 is 0 Å². The maximum atomic E-state index is 13.4. The number of nitrogens with one attached hydrogen (secondary N) is 1. The number of hydrogen-bond donors (Lipinski definition) is 1. The standard InChI is InChI=1S/C14H9Cl2F2NO2/c15-8-1-4-13(10(16)5-8)21-7-14(20)19-12-3-2-9(17)6-11(12)18/h1-6H,7H2,(H,19,20). The van der Waals surface area contributed by atoms with E-state index in [0.717, 1.165) is 12.1 Å². The highest BCUT2D eigenvalue weighted by Crippen LogP contribution is 2.27. The van der Waals surface area contributed by atoms with Crippen LogP contribution >= 0.6 is 23.2 Å². The summed E-state index contributed by atoms with van der Waals surface area (Å²) in [5.41, 5.74) is -0.132. The van der Waals surface area contributed by atoms with E-state index in [4.69, 9.17) is 27.9 Å². The van der Waals surface area contributed by atoms with Gasteiger partial charge in [-0.3, -0.25) is 4.79 Å². The third-order valence-electron chi connectivity index (χ3n) is 2.46. The third kappa shape index (κ3) is 4.31. The Morgan fingerprint density at radius 3 is 2.57 bits per heavy atom. The molecule has 21 heavy (non-hydrogen) atoms. The fraction of sp³-hybridized carbons (Fsp3) is 0.0714. The van der Waals surface area contributed by atoms with Crippen molar-refractivity contribution in [1.29, 1.82) is 0 Å². The molecule has 0 saturated heterocycles. The van der Waals surface area contributed by atoms with Crippen LogP contribution < -0.4 is 10.1 Å². The molecule has 0 bridgehead atoms. The summed E-state index contributed by atoms with van der Waals surface area (Å²) in [6, 6.07) is 7.37. The van der Waals surface area contributed by atoms with Crippen molar-refractivity contribution < 1.29 is 18.3 Å². The molecule has 0 heterocycles. The number of amides is 1. The van der Waals surface area contributed by atoms with E-state index < -0.39 is 17.5 Å². The summed E-state index contributed by atoms with van der Waals surface area (Å²) in [6.45, 7) is -0.377. The van der Waals surface area contributed by atoms with Gasteiger partial charge in [0.05, 0.1) is 10.7 Å². The fourth-order valence-electron chi connectivity index (χ4n) is 1.51. The molecule has 2 aromatic carbocycles. The van der Waals surface area contributed by atoms with Crippen LogP contribution in [0.15, 0.2) is 36.4 Å². The van der Waals surface area contributed by atoms with Gasteiger partial charge in [-0.25, -0.2) is 8.78 Å². The molecule has 0 aliphatic heterocycles. The normalized spacial score (nSPS) is 10.3. The van der Waals surface area contributed by atoms with Crippen LogP contribution in [0, 0.1) is 11.6 Å². The minimum atomic E-state index is -0.868. The molecule has 7 heteroatoms. The topological polar surface area (TPSA) is 38.3 Å². The van der Waals surface area contributed by atoms with Gasteiger partial charge in [-0.15, -0.1) is 0 Å². The summed E-state index contributed by atoms with van der Waals surface area (Å²) in [5.74, 6) is -1.93. The van der Waals surface area contributed by atoms with Crippen LogP contribution in [0.4, 0.5) is 14.5 Å². The zero-order chi connectivity index (χ0) is 15.4. The van der Waals surface area contributed by atoms with E-state index in [1.807, 2.05) is 0 Å². The van der Waals surface area contributed by atoms with Gasteiger partial charge in [0.2, 0.25) is 0 Å². The van der Waals surface area contributed by atoms with Gasteiger partial charge in [0.15, 0.2) is 6.61 Å². The van der Waals surface area contributed by atoms with Crippen LogP contribution in [0.25, 0.3) is 0 Å². The zero-order valence-corrected chi connectivity index (χ0v) is 12.0. The van der Waals surface area contributed by atoms with E-state index in [1.165, 1.54) is 12.1 Å². The smallest absolute Gasteiger partial charge is 0.262 e. The second-order valence-electron chi connectivity index (χ2n) is 4.04. The quantitative estimate of drug-likeness (QED) is 0.907. The lowest BCUT2D eigenvalue weighted by atomic mass is 10.3. The molecular formula is C14H9Cl2F2NO2. The number of carbonyl (C=O) groups excluding carboxylic acids is 1. The third-order valence-corrected chi connectivity index (χ3v) is 2.99. The molecule has 0 saturated carbocycles. The summed E-state index contributed by atoms with van der Waals surface area (Å²) < 4.78 is 31.3. The molecule has 0 fully saturated rings. The Balaban J connectivity index is 1.96. The number of benzene rings is 2. The molecule has 0 aromatic heterocycles. The molecule has 0 radical (unpaired) electrons. The minimum absolute atomic E-state index is 0.132. The van der Waals surface area contributed by atoms with Gasteiger partial charge < -0.3 is 10.1 Å². The summed E-state index contributed by atoms with van der Waals surface area (Å²) in [4.78, 5) is 11.6. The van der Waals surface area contributed by atoms with Crippen LogP contribution in [0.1, 0.15) is 0 Å². The highest BCUT2D eigenvalue weighted by atomic mass is 35.5. The van der Waals surface area contributed by atoms with Gasteiger partial charge in [-0.2, -0.15) is 0 Å². The van der Waals surface area contributed by atoms with Crippen molar-refractivity contribution >= 4 is 34.8 Å². The molecule has 2 rings (SSSR count). The first-order valence-electron chi connectivity index (χ1n) is 5.78. The number of rotatable bonds is 4. The minimum Gasteiger partial charge on any atom is -0.482 e. The first-order valence-corrected chi connectivity index (χ1v) is 6.54. The van der Waals surface area contributed by atoms with Crippen molar-refractivity contribution in [2.24, 2.45) is 0 Å². The van der Waals surface area contributed by atoms with Crippen LogP contribution in [-0.2, 0) is 4.79 Å². The van der Waals surface area contributed by atoms with Crippen molar-refractivity contribution in [2.45, 2.75) is 0 Å². The predicted molar refractivity (Wildman–Crippen MR) is 76.9 cm³/mol. The molecule has 2 aromatic rings. The van der Waals surface area contributed by atoms with Crippen molar-refractivity contribution in [1.82, 2.24) is 0 Å². The van der Waals surface area contributed by atoms with Gasteiger partial charge in [-0.1, -0.05) is 23.2 Å². The summed E-state index contributed by atoms with van der Waals surface area (Å²) >= 11 is 11.6.